The highest BCUT2D eigenvalue weighted by Gasteiger charge is 2.26. The first kappa shape index (κ1) is 16.4. The van der Waals surface area contributed by atoms with Crippen LogP contribution < -0.4 is 5.73 Å². The van der Waals surface area contributed by atoms with Crippen LogP contribution >= 0.6 is 0 Å². The number of carbonyl (C=O) groups is 1. The van der Waals surface area contributed by atoms with E-state index in [1.165, 1.54) is 0 Å². The minimum absolute atomic E-state index is 0.272. The smallest absolute Gasteiger partial charge is 0.222 e. The lowest BCUT2D eigenvalue weighted by Crippen LogP contribution is -2.48. The molecule has 1 amide bonds. The van der Waals surface area contributed by atoms with Crippen LogP contribution in [0.3, 0.4) is 0 Å². The summed E-state index contributed by atoms with van der Waals surface area (Å²) in [5, 5.41) is 0. The van der Waals surface area contributed by atoms with E-state index in [4.69, 9.17) is 10.5 Å². The zero-order valence-corrected chi connectivity index (χ0v) is 12.7. The Balaban J connectivity index is 2.44. The molecular weight excluding hydrogens is 240 g/mol. The maximum absolute atomic E-state index is 12.3. The summed E-state index contributed by atoms with van der Waals surface area (Å²) in [5.41, 5.74) is 5.65. The van der Waals surface area contributed by atoms with Crippen molar-refractivity contribution in [1.29, 1.82) is 0 Å². The molecule has 0 bridgehead atoms. The van der Waals surface area contributed by atoms with Crippen molar-refractivity contribution in [3.8, 4) is 0 Å². The summed E-state index contributed by atoms with van der Waals surface area (Å²) in [6.07, 6.45) is 3.61. The van der Waals surface area contributed by atoms with Gasteiger partial charge in [-0.25, -0.2) is 0 Å². The highest BCUT2D eigenvalue weighted by molar-refractivity contribution is 5.76. The van der Waals surface area contributed by atoms with E-state index in [2.05, 4.69) is 20.8 Å². The van der Waals surface area contributed by atoms with E-state index >= 15 is 0 Å². The van der Waals surface area contributed by atoms with Gasteiger partial charge in [-0.05, 0) is 37.6 Å². The lowest BCUT2D eigenvalue weighted by Gasteiger charge is -2.35. The van der Waals surface area contributed by atoms with Crippen LogP contribution in [-0.2, 0) is 9.53 Å². The van der Waals surface area contributed by atoms with Crippen LogP contribution in [0.2, 0.25) is 0 Å². The van der Waals surface area contributed by atoms with Crippen molar-refractivity contribution < 1.29 is 9.53 Å². The van der Waals surface area contributed by atoms with Gasteiger partial charge in [-0.2, -0.15) is 0 Å². The fraction of sp³-hybridized carbons (Fsp3) is 0.933. The SMILES string of the molecule is CCC1COCCN1C(=O)CCC(CCN)C(C)C. The van der Waals surface area contributed by atoms with Gasteiger partial charge in [0.15, 0.2) is 0 Å². The van der Waals surface area contributed by atoms with E-state index in [0.29, 0.717) is 38.0 Å². The second kappa shape index (κ2) is 8.54. The maximum atomic E-state index is 12.3. The van der Waals surface area contributed by atoms with E-state index in [0.717, 1.165) is 25.8 Å². The Hall–Kier alpha value is -0.610. The number of rotatable bonds is 7. The van der Waals surface area contributed by atoms with Crippen molar-refractivity contribution >= 4 is 5.91 Å². The van der Waals surface area contributed by atoms with Gasteiger partial charge >= 0.3 is 0 Å². The second-order valence-electron chi connectivity index (χ2n) is 5.84. The molecular formula is C15H30N2O2. The number of hydrogen-bond acceptors (Lipinski definition) is 3. The Bertz CT molecular complexity index is 269. The Morgan fingerprint density at radius 1 is 1.42 bits per heavy atom. The van der Waals surface area contributed by atoms with Crippen molar-refractivity contribution in [2.24, 2.45) is 17.6 Å². The Kier molecular flexibility index (Phi) is 7.39. The van der Waals surface area contributed by atoms with Crippen molar-refractivity contribution in [2.45, 2.75) is 52.5 Å². The molecule has 1 rings (SSSR count). The van der Waals surface area contributed by atoms with Gasteiger partial charge < -0.3 is 15.4 Å². The molecule has 112 valence electrons. The molecule has 0 aromatic heterocycles. The average molecular weight is 270 g/mol. The summed E-state index contributed by atoms with van der Waals surface area (Å²) < 4.78 is 5.45. The lowest BCUT2D eigenvalue weighted by molar-refractivity contribution is -0.140. The molecule has 19 heavy (non-hydrogen) atoms. The predicted molar refractivity (Wildman–Crippen MR) is 77.8 cm³/mol. The molecule has 1 saturated heterocycles. The molecule has 0 aliphatic carbocycles. The number of nitrogens with zero attached hydrogens (tertiary/aromatic N) is 1. The van der Waals surface area contributed by atoms with Gasteiger partial charge in [0.05, 0.1) is 19.3 Å². The molecule has 0 radical (unpaired) electrons. The van der Waals surface area contributed by atoms with E-state index in [1.807, 2.05) is 4.90 Å². The summed E-state index contributed by atoms with van der Waals surface area (Å²) in [6, 6.07) is 0.272. The van der Waals surface area contributed by atoms with Crippen LogP contribution in [0.25, 0.3) is 0 Å². The van der Waals surface area contributed by atoms with Gasteiger partial charge in [-0.1, -0.05) is 20.8 Å². The first-order valence-corrected chi connectivity index (χ1v) is 7.67. The molecule has 0 aromatic rings. The molecule has 2 atom stereocenters. The molecule has 2 unspecified atom stereocenters. The molecule has 0 spiro atoms. The van der Waals surface area contributed by atoms with Gasteiger partial charge in [-0.15, -0.1) is 0 Å². The van der Waals surface area contributed by atoms with Crippen LogP contribution in [0.5, 0.6) is 0 Å². The topological polar surface area (TPSA) is 55.6 Å². The third-order valence-electron chi connectivity index (χ3n) is 4.23. The number of morpholine rings is 1. The van der Waals surface area contributed by atoms with Crippen molar-refractivity contribution in [2.75, 3.05) is 26.3 Å². The molecule has 1 aliphatic heterocycles. The van der Waals surface area contributed by atoms with Gasteiger partial charge in [0.1, 0.15) is 0 Å². The monoisotopic (exact) mass is 270 g/mol. The number of ether oxygens (including phenoxy) is 1. The first-order valence-electron chi connectivity index (χ1n) is 7.67. The van der Waals surface area contributed by atoms with Crippen molar-refractivity contribution in [3.63, 3.8) is 0 Å². The van der Waals surface area contributed by atoms with E-state index < -0.39 is 0 Å². The highest BCUT2D eigenvalue weighted by atomic mass is 16.5. The maximum Gasteiger partial charge on any atom is 0.222 e. The highest BCUT2D eigenvalue weighted by Crippen LogP contribution is 2.22. The standard InChI is InChI=1S/C15H30N2O2/c1-4-14-11-19-10-9-17(14)15(18)6-5-13(7-8-16)12(2)3/h12-14H,4-11,16H2,1-3H3. The van der Waals surface area contributed by atoms with Crippen LogP contribution in [0.15, 0.2) is 0 Å². The van der Waals surface area contributed by atoms with Crippen LogP contribution in [0.4, 0.5) is 0 Å². The minimum Gasteiger partial charge on any atom is -0.377 e. The molecule has 0 aromatic carbocycles. The summed E-state index contributed by atoms with van der Waals surface area (Å²) in [6.45, 7) is 9.39. The van der Waals surface area contributed by atoms with Gasteiger partial charge in [0.2, 0.25) is 5.91 Å². The van der Waals surface area contributed by atoms with E-state index in [1.54, 1.807) is 0 Å². The lowest BCUT2D eigenvalue weighted by atomic mass is 9.88. The number of carbonyl (C=O) groups excluding carboxylic acids is 1. The van der Waals surface area contributed by atoms with Crippen LogP contribution in [-0.4, -0.2) is 43.2 Å². The largest absolute Gasteiger partial charge is 0.377 e. The first-order chi connectivity index (χ1) is 9.10. The van der Waals surface area contributed by atoms with Crippen LogP contribution in [0, 0.1) is 11.8 Å². The number of nitrogens with two attached hydrogens (primary N) is 1. The quantitative estimate of drug-likeness (QED) is 0.770. The Labute approximate surface area is 117 Å². The molecule has 1 heterocycles. The minimum atomic E-state index is 0.272. The third-order valence-corrected chi connectivity index (χ3v) is 4.23. The van der Waals surface area contributed by atoms with E-state index in [9.17, 15) is 4.79 Å². The molecule has 4 heteroatoms. The normalized spacial score (nSPS) is 21.7. The Morgan fingerprint density at radius 2 is 2.16 bits per heavy atom. The zero-order valence-electron chi connectivity index (χ0n) is 12.7. The van der Waals surface area contributed by atoms with Gasteiger partial charge in [0.25, 0.3) is 0 Å². The summed E-state index contributed by atoms with van der Waals surface area (Å²) >= 11 is 0. The number of hydrogen-bond donors (Lipinski definition) is 1. The van der Waals surface area contributed by atoms with E-state index in [-0.39, 0.29) is 11.9 Å². The third kappa shape index (κ3) is 5.11. The molecule has 2 N–H and O–H groups in total. The summed E-state index contributed by atoms with van der Waals surface area (Å²) in [7, 11) is 0. The molecule has 1 fully saturated rings. The molecule has 0 saturated carbocycles. The molecule has 4 nitrogen and oxygen atoms in total. The fourth-order valence-corrected chi connectivity index (χ4v) is 2.80. The predicted octanol–water partition coefficient (Wildman–Crippen LogP) is 2.02. The fourth-order valence-electron chi connectivity index (χ4n) is 2.80. The average Bonchev–Trinajstić information content (AvgIpc) is 2.42. The van der Waals surface area contributed by atoms with Gasteiger partial charge in [-0.3, -0.25) is 4.79 Å². The summed E-state index contributed by atoms with van der Waals surface area (Å²) in [5.74, 6) is 1.45. The van der Waals surface area contributed by atoms with Crippen molar-refractivity contribution in [3.05, 3.63) is 0 Å². The second-order valence-corrected chi connectivity index (χ2v) is 5.84. The summed E-state index contributed by atoms with van der Waals surface area (Å²) in [4.78, 5) is 14.4. The number of amides is 1. The van der Waals surface area contributed by atoms with Crippen molar-refractivity contribution in [1.82, 2.24) is 4.90 Å². The zero-order chi connectivity index (χ0) is 14.3. The van der Waals surface area contributed by atoms with Crippen LogP contribution in [0.1, 0.15) is 46.5 Å². The van der Waals surface area contributed by atoms with Gasteiger partial charge in [0, 0.05) is 13.0 Å². The molecule has 1 aliphatic rings. The Morgan fingerprint density at radius 3 is 2.74 bits per heavy atom.